The minimum atomic E-state index is -0.337. The summed E-state index contributed by atoms with van der Waals surface area (Å²) in [7, 11) is 1.40. The van der Waals surface area contributed by atoms with Crippen LogP contribution in [-0.4, -0.2) is 24.6 Å². The quantitative estimate of drug-likeness (QED) is 0.547. The van der Waals surface area contributed by atoms with Gasteiger partial charge >= 0.3 is 5.97 Å². The van der Waals surface area contributed by atoms with Gasteiger partial charge in [0.05, 0.1) is 13.0 Å². The molecule has 0 aliphatic heterocycles. The highest BCUT2D eigenvalue weighted by Gasteiger charge is 2.66. The molecule has 4 saturated carbocycles. The summed E-state index contributed by atoms with van der Waals surface area (Å²) in [4.78, 5) is 37.8. The number of ether oxygens (including phenoxy) is 1. The average Bonchev–Trinajstić information content (AvgIpc) is 2.73. The van der Waals surface area contributed by atoms with Crippen LogP contribution in [-0.2, 0) is 19.1 Å². The van der Waals surface area contributed by atoms with Gasteiger partial charge in [-0.25, -0.2) is 0 Å². The van der Waals surface area contributed by atoms with Crippen molar-refractivity contribution in [2.75, 3.05) is 7.11 Å². The zero-order valence-corrected chi connectivity index (χ0v) is 14.6. The Morgan fingerprint density at radius 1 is 1.25 bits per heavy atom. The minimum Gasteiger partial charge on any atom is -0.469 e. The SMILES string of the molecule is C=C1C(=O)[C@@]23CCC4[C@H](C(=O)OC)CC(=O)C[C@@]4(C)[C@@H]2CC[C@@H]1C3. The van der Waals surface area contributed by atoms with Crippen LogP contribution in [0.3, 0.4) is 0 Å². The first-order valence-electron chi connectivity index (χ1n) is 9.16. The van der Waals surface area contributed by atoms with E-state index in [1.54, 1.807) is 0 Å². The number of fused-ring (bicyclic) bond motifs is 3. The van der Waals surface area contributed by atoms with Gasteiger partial charge in [-0.1, -0.05) is 13.5 Å². The molecule has 4 rings (SSSR count). The van der Waals surface area contributed by atoms with Crippen LogP contribution >= 0.6 is 0 Å². The molecule has 1 spiro atoms. The zero-order valence-electron chi connectivity index (χ0n) is 14.6. The molecule has 0 saturated heterocycles. The summed E-state index contributed by atoms with van der Waals surface area (Å²) in [5, 5.41) is 0. The topological polar surface area (TPSA) is 60.4 Å². The van der Waals surface area contributed by atoms with Gasteiger partial charge in [-0.05, 0) is 60.8 Å². The van der Waals surface area contributed by atoms with E-state index in [1.165, 1.54) is 7.11 Å². The van der Waals surface area contributed by atoms with Crippen molar-refractivity contribution in [2.24, 2.45) is 34.5 Å². The maximum atomic E-state index is 13.0. The summed E-state index contributed by atoms with van der Waals surface area (Å²) < 4.78 is 4.99. The Hall–Kier alpha value is -1.45. The molecule has 0 aromatic heterocycles. The van der Waals surface area contributed by atoms with E-state index in [2.05, 4.69) is 13.5 Å². The van der Waals surface area contributed by atoms with Crippen molar-refractivity contribution in [2.45, 2.75) is 51.9 Å². The van der Waals surface area contributed by atoms with Crippen molar-refractivity contribution in [3.05, 3.63) is 12.2 Å². The predicted molar refractivity (Wildman–Crippen MR) is 88.0 cm³/mol. The first-order chi connectivity index (χ1) is 11.3. The first-order valence-corrected chi connectivity index (χ1v) is 9.16. The number of hydrogen-bond acceptors (Lipinski definition) is 4. The van der Waals surface area contributed by atoms with Crippen LogP contribution in [0.1, 0.15) is 51.9 Å². The fourth-order valence-corrected chi connectivity index (χ4v) is 6.93. The molecule has 6 atom stereocenters. The second kappa shape index (κ2) is 5.03. The highest BCUT2D eigenvalue weighted by atomic mass is 16.5. The number of carbonyl (C=O) groups excluding carboxylic acids is 3. The van der Waals surface area contributed by atoms with E-state index in [-0.39, 0.29) is 46.1 Å². The van der Waals surface area contributed by atoms with E-state index in [9.17, 15) is 14.4 Å². The van der Waals surface area contributed by atoms with Gasteiger partial charge in [-0.3, -0.25) is 14.4 Å². The van der Waals surface area contributed by atoms with E-state index < -0.39 is 0 Å². The zero-order chi connectivity index (χ0) is 17.3. The van der Waals surface area contributed by atoms with Crippen molar-refractivity contribution in [3.63, 3.8) is 0 Å². The van der Waals surface area contributed by atoms with Crippen molar-refractivity contribution >= 4 is 17.5 Å². The van der Waals surface area contributed by atoms with Crippen LogP contribution in [0.15, 0.2) is 12.2 Å². The maximum absolute atomic E-state index is 13.0. The van der Waals surface area contributed by atoms with E-state index in [1.807, 2.05) is 0 Å². The Morgan fingerprint density at radius 3 is 2.71 bits per heavy atom. The van der Waals surface area contributed by atoms with Crippen molar-refractivity contribution < 1.29 is 19.1 Å². The third kappa shape index (κ3) is 1.83. The Labute approximate surface area is 143 Å². The standard InChI is InChI=1S/C20H26O4/c1-11-12-4-5-16-19(2)10-13(21)8-14(18(23)24-3)15(19)6-7-20(16,9-12)17(11)22/h12,14-16H,1,4-10H2,2-3H3/t12-,14-,15?,16+,19-,20-/m1/s1. The van der Waals surface area contributed by atoms with E-state index in [0.717, 1.165) is 37.7 Å². The number of hydrogen-bond donors (Lipinski definition) is 0. The summed E-state index contributed by atoms with van der Waals surface area (Å²) in [6.45, 7) is 6.23. The number of esters is 1. The van der Waals surface area contributed by atoms with Gasteiger partial charge in [0.2, 0.25) is 0 Å². The van der Waals surface area contributed by atoms with Gasteiger partial charge in [0, 0.05) is 18.3 Å². The molecule has 4 fully saturated rings. The van der Waals surface area contributed by atoms with Crippen LogP contribution in [0.2, 0.25) is 0 Å². The van der Waals surface area contributed by atoms with Gasteiger partial charge in [0.1, 0.15) is 5.78 Å². The Kier molecular flexibility index (Phi) is 3.36. The Bertz CT molecular complexity index is 650. The molecular formula is C20H26O4. The molecule has 130 valence electrons. The molecule has 4 heteroatoms. The lowest BCUT2D eigenvalue weighted by atomic mass is 9.43. The summed E-state index contributed by atoms with van der Waals surface area (Å²) in [5.74, 6) is 0.487. The predicted octanol–water partition coefficient (Wildman–Crippen LogP) is 3.10. The van der Waals surface area contributed by atoms with Crippen molar-refractivity contribution in [1.82, 2.24) is 0 Å². The number of rotatable bonds is 1. The molecule has 0 N–H and O–H groups in total. The average molecular weight is 330 g/mol. The van der Waals surface area contributed by atoms with Crippen LogP contribution in [0.4, 0.5) is 0 Å². The number of methoxy groups -OCH3 is 1. The summed E-state index contributed by atoms with van der Waals surface area (Å²) in [6, 6.07) is 0. The first kappa shape index (κ1) is 16.0. The van der Waals surface area contributed by atoms with Gasteiger partial charge in [0.15, 0.2) is 5.78 Å². The number of carbonyl (C=O) groups is 3. The van der Waals surface area contributed by atoms with Crippen molar-refractivity contribution in [3.8, 4) is 0 Å². The van der Waals surface area contributed by atoms with Crippen LogP contribution in [0, 0.1) is 34.5 Å². The molecule has 0 radical (unpaired) electrons. The van der Waals surface area contributed by atoms with Gasteiger partial charge in [-0.15, -0.1) is 0 Å². The third-order valence-electron chi connectivity index (χ3n) is 7.88. The van der Waals surface area contributed by atoms with Crippen LogP contribution in [0.5, 0.6) is 0 Å². The molecule has 4 aliphatic carbocycles. The second-order valence-electron chi connectivity index (χ2n) is 8.74. The Balaban J connectivity index is 1.77. The number of Topliss-reactive ketones (excluding diaryl/α,β-unsaturated/α-hetero) is 2. The summed E-state index contributed by atoms with van der Waals surface area (Å²) >= 11 is 0. The molecule has 0 amide bonds. The minimum absolute atomic E-state index is 0.146. The molecule has 0 heterocycles. The highest BCUT2D eigenvalue weighted by molar-refractivity contribution is 6.03. The monoisotopic (exact) mass is 330 g/mol. The fraction of sp³-hybridized carbons (Fsp3) is 0.750. The summed E-state index contributed by atoms with van der Waals surface area (Å²) in [5.41, 5.74) is 0.229. The van der Waals surface area contributed by atoms with Crippen LogP contribution in [0.25, 0.3) is 0 Å². The smallest absolute Gasteiger partial charge is 0.309 e. The largest absolute Gasteiger partial charge is 0.469 e. The lowest BCUT2D eigenvalue weighted by Gasteiger charge is -2.59. The lowest BCUT2D eigenvalue weighted by Crippen LogP contribution is -2.58. The molecule has 4 aliphatic rings. The number of ketones is 2. The fourth-order valence-electron chi connectivity index (χ4n) is 6.93. The van der Waals surface area contributed by atoms with Gasteiger partial charge in [-0.2, -0.15) is 0 Å². The van der Waals surface area contributed by atoms with E-state index in [4.69, 9.17) is 4.74 Å². The maximum Gasteiger partial charge on any atom is 0.309 e. The Morgan fingerprint density at radius 2 is 2.00 bits per heavy atom. The van der Waals surface area contributed by atoms with Crippen LogP contribution < -0.4 is 0 Å². The molecular weight excluding hydrogens is 304 g/mol. The molecule has 0 aromatic carbocycles. The normalized spacial score (nSPS) is 47.2. The van der Waals surface area contributed by atoms with Gasteiger partial charge in [0.25, 0.3) is 0 Å². The number of allylic oxidation sites excluding steroid dienone is 1. The molecule has 2 bridgehead atoms. The second-order valence-corrected chi connectivity index (χ2v) is 8.74. The van der Waals surface area contributed by atoms with E-state index in [0.29, 0.717) is 18.8 Å². The van der Waals surface area contributed by atoms with Gasteiger partial charge < -0.3 is 4.74 Å². The lowest BCUT2D eigenvalue weighted by molar-refractivity contribution is -0.172. The molecule has 1 unspecified atom stereocenters. The van der Waals surface area contributed by atoms with E-state index >= 15 is 0 Å². The summed E-state index contributed by atoms with van der Waals surface area (Å²) in [6.07, 6.45) is 5.37. The third-order valence-corrected chi connectivity index (χ3v) is 7.88. The highest BCUT2D eigenvalue weighted by Crippen LogP contribution is 2.69. The van der Waals surface area contributed by atoms with Crippen molar-refractivity contribution in [1.29, 1.82) is 0 Å². The molecule has 0 aromatic rings. The molecule has 4 nitrogen and oxygen atoms in total. The molecule has 24 heavy (non-hydrogen) atoms.